The number of ether oxygens (including phenoxy) is 2. The fourth-order valence-electron chi connectivity index (χ4n) is 3.09. The van der Waals surface area contributed by atoms with Gasteiger partial charge in [-0.2, -0.15) is 0 Å². The minimum absolute atomic E-state index is 0.0914. The van der Waals surface area contributed by atoms with Crippen molar-refractivity contribution in [2.45, 2.75) is 31.9 Å². The lowest BCUT2D eigenvalue weighted by molar-refractivity contribution is -0.128. The Labute approximate surface area is 149 Å². The first-order valence-electron chi connectivity index (χ1n) is 8.22. The van der Waals surface area contributed by atoms with Crippen molar-refractivity contribution in [1.82, 2.24) is 5.32 Å². The molecule has 0 unspecified atom stereocenters. The van der Waals surface area contributed by atoms with Gasteiger partial charge in [-0.05, 0) is 38.0 Å². The first-order chi connectivity index (χ1) is 12.4. The molecule has 2 aliphatic rings. The highest BCUT2D eigenvalue weighted by Crippen LogP contribution is 2.37. The first-order valence-corrected chi connectivity index (χ1v) is 8.22. The largest absolute Gasteiger partial charge is 0.453 e. The summed E-state index contributed by atoms with van der Waals surface area (Å²) in [5.74, 6) is -1.62. The van der Waals surface area contributed by atoms with E-state index in [-0.39, 0.29) is 17.5 Å². The smallest absolute Gasteiger partial charge is 0.413 e. The van der Waals surface area contributed by atoms with Crippen LogP contribution in [-0.4, -0.2) is 49.7 Å². The molecule has 3 rings (SSSR count). The molecule has 0 aromatic heterocycles. The maximum absolute atomic E-state index is 12.3. The lowest BCUT2D eigenvalue weighted by Crippen LogP contribution is -2.44. The number of alkyl carbamates (subject to hydrolysis) is 1. The van der Waals surface area contributed by atoms with E-state index in [1.165, 1.54) is 13.0 Å². The molecule has 9 heteroatoms. The van der Waals surface area contributed by atoms with Gasteiger partial charge in [0.25, 0.3) is 5.91 Å². The zero-order chi connectivity index (χ0) is 18.8. The van der Waals surface area contributed by atoms with Crippen LogP contribution in [0.2, 0.25) is 0 Å². The minimum Gasteiger partial charge on any atom is -0.453 e. The Balaban J connectivity index is 1.71. The van der Waals surface area contributed by atoms with Crippen molar-refractivity contribution >= 4 is 35.3 Å². The molecule has 0 saturated carbocycles. The Morgan fingerprint density at radius 3 is 2.85 bits per heavy atom. The molecule has 0 bridgehead atoms. The third-order valence-electron chi connectivity index (χ3n) is 4.42. The standard InChI is InChI=1S/C17H19N3O6/c1-9(14(21)19-17(24)25-2)26-16(23)10-5-6-12-11(8-10)18-15(22)13-4-3-7-20(12)13/h5-6,8-9,13H,3-4,7H2,1-2H3,(H,18,22)(H,19,21,24)/t9-,13+/m0/s1. The van der Waals surface area contributed by atoms with Crippen molar-refractivity contribution < 1.29 is 28.7 Å². The minimum atomic E-state index is -1.19. The molecule has 9 nitrogen and oxygen atoms in total. The van der Waals surface area contributed by atoms with Gasteiger partial charge in [0, 0.05) is 6.54 Å². The van der Waals surface area contributed by atoms with Gasteiger partial charge >= 0.3 is 12.1 Å². The average molecular weight is 361 g/mol. The van der Waals surface area contributed by atoms with Crippen LogP contribution in [0.5, 0.6) is 0 Å². The maximum Gasteiger partial charge on any atom is 0.413 e. The van der Waals surface area contributed by atoms with Crippen molar-refractivity contribution in [2.75, 3.05) is 23.9 Å². The number of carbonyl (C=O) groups excluding carboxylic acids is 4. The van der Waals surface area contributed by atoms with Crippen LogP contribution in [0, 0.1) is 0 Å². The number of esters is 1. The van der Waals surface area contributed by atoms with Crippen molar-refractivity contribution in [1.29, 1.82) is 0 Å². The fourth-order valence-corrected chi connectivity index (χ4v) is 3.09. The second kappa shape index (κ2) is 7.03. The molecule has 2 N–H and O–H groups in total. The van der Waals surface area contributed by atoms with Crippen molar-refractivity contribution in [3.63, 3.8) is 0 Å². The highest BCUT2D eigenvalue weighted by atomic mass is 16.6. The number of fused-ring (bicyclic) bond motifs is 3. The van der Waals surface area contributed by atoms with Crippen LogP contribution in [0.4, 0.5) is 16.2 Å². The second-order valence-corrected chi connectivity index (χ2v) is 6.10. The van der Waals surface area contributed by atoms with Gasteiger partial charge in [-0.1, -0.05) is 0 Å². The second-order valence-electron chi connectivity index (χ2n) is 6.10. The summed E-state index contributed by atoms with van der Waals surface area (Å²) in [5.41, 5.74) is 1.59. The molecular formula is C17H19N3O6. The summed E-state index contributed by atoms with van der Waals surface area (Å²) < 4.78 is 9.37. The topological polar surface area (TPSA) is 114 Å². The van der Waals surface area contributed by atoms with Crippen LogP contribution in [-0.2, 0) is 19.1 Å². The van der Waals surface area contributed by atoms with Crippen LogP contribution in [0.1, 0.15) is 30.1 Å². The Hall–Kier alpha value is -3.10. The third kappa shape index (κ3) is 3.32. The van der Waals surface area contributed by atoms with E-state index in [2.05, 4.69) is 10.1 Å². The molecule has 2 heterocycles. The van der Waals surface area contributed by atoms with Gasteiger partial charge in [-0.3, -0.25) is 14.9 Å². The molecule has 26 heavy (non-hydrogen) atoms. The highest BCUT2D eigenvalue weighted by molar-refractivity contribution is 6.05. The average Bonchev–Trinajstić information content (AvgIpc) is 3.11. The highest BCUT2D eigenvalue weighted by Gasteiger charge is 2.36. The van der Waals surface area contributed by atoms with Gasteiger partial charge in [-0.25, -0.2) is 9.59 Å². The Bertz CT molecular complexity index is 778. The van der Waals surface area contributed by atoms with Crippen molar-refractivity contribution in [3.8, 4) is 0 Å². The van der Waals surface area contributed by atoms with E-state index in [0.29, 0.717) is 5.69 Å². The van der Waals surface area contributed by atoms with Gasteiger partial charge in [0.05, 0.1) is 24.0 Å². The van der Waals surface area contributed by atoms with Crippen LogP contribution in [0.25, 0.3) is 0 Å². The van der Waals surface area contributed by atoms with Crippen LogP contribution in [0.15, 0.2) is 18.2 Å². The molecule has 3 amide bonds. The van der Waals surface area contributed by atoms with Gasteiger partial charge in [-0.15, -0.1) is 0 Å². The van der Waals surface area contributed by atoms with E-state index >= 15 is 0 Å². The molecule has 0 radical (unpaired) electrons. The van der Waals surface area contributed by atoms with Crippen LogP contribution in [0.3, 0.4) is 0 Å². The number of rotatable bonds is 3. The first kappa shape index (κ1) is 17.7. The summed E-state index contributed by atoms with van der Waals surface area (Å²) in [4.78, 5) is 49.2. The summed E-state index contributed by atoms with van der Waals surface area (Å²) in [6, 6.07) is 4.69. The number of methoxy groups -OCH3 is 1. The van der Waals surface area contributed by atoms with E-state index in [9.17, 15) is 19.2 Å². The van der Waals surface area contributed by atoms with Crippen LogP contribution < -0.4 is 15.5 Å². The summed E-state index contributed by atoms with van der Waals surface area (Å²) in [6.45, 7) is 2.13. The number of amides is 3. The molecule has 1 aromatic carbocycles. The SMILES string of the molecule is COC(=O)NC(=O)[C@H](C)OC(=O)c1ccc2c(c1)NC(=O)[C@H]1CCCN21. The zero-order valence-corrected chi connectivity index (χ0v) is 14.4. The Morgan fingerprint density at radius 1 is 1.35 bits per heavy atom. The normalized spacial score (nSPS) is 18.9. The number of anilines is 2. The summed E-state index contributed by atoms with van der Waals surface area (Å²) in [7, 11) is 1.12. The quantitative estimate of drug-likeness (QED) is 0.773. The lowest BCUT2D eigenvalue weighted by Gasteiger charge is -2.33. The zero-order valence-electron chi connectivity index (χ0n) is 14.4. The molecule has 1 aromatic rings. The van der Waals surface area contributed by atoms with Crippen molar-refractivity contribution in [2.24, 2.45) is 0 Å². The van der Waals surface area contributed by atoms with E-state index in [1.54, 1.807) is 12.1 Å². The van der Waals surface area contributed by atoms with Gasteiger partial charge in [0.2, 0.25) is 5.91 Å². The predicted octanol–water partition coefficient (Wildman–Crippen LogP) is 1.04. The third-order valence-corrected chi connectivity index (χ3v) is 4.42. The number of nitrogens with one attached hydrogen (secondary N) is 2. The summed E-state index contributed by atoms with van der Waals surface area (Å²) >= 11 is 0. The number of benzene rings is 1. The molecule has 2 aliphatic heterocycles. The van der Waals surface area contributed by atoms with Crippen LogP contribution >= 0.6 is 0 Å². The number of nitrogens with zero attached hydrogens (tertiary/aromatic N) is 1. The van der Waals surface area contributed by atoms with Crippen molar-refractivity contribution in [3.05, 3.63) is 23.8 Å². The van der Waals surface area contributed by atoms with E-state index < -0.39 is 24.1 Å². The van der Waals surface area contributed by atoms with Gasteiger partial charge in [0.15, 0.2) is 6.10 Å². The predicted molar refractivity (Wildman–Crippen MR) is 90.9 cm³/mol. The van der Waals surface area contributed by atoms with E-state index in [0.717, 1.165) is 32.2 Å². The Morgan fingerprint density at radius 2 is 2.12 bits per heavy atom. The Kier molecular flexibility index (Phi) is 4.79. The lowest BCUT2D eigenvalue weighted by atomic mass is 10.1. The molecule has 0 aliphatic carbocycles. The molecule has 1 fully saturated rings. The monoisotopic (exact) mass is 361 g/mol. The number of imide groups is 1. The summed E-state index contributed by atoms with van der Waals surface area (Å²) in [6.07, 6.45) is -0.375. The maximum atomic E-state index is 12.3. The van der Waals surface area contributed by atoms with Gasteiger partial charge in [0.1, 0.15) is 6.04 Å². The molecular weight excluding hydrogens is 342 g/mol. The molecule has 138 valence electrons. The molecule has 0 spiro atoms. The number of carbonyl (C=O) groups is 4. The van der Waals surface area contributed by atoms with E-state index in [1.807, 2.05) is 10.2 Å². The molecule has 2 atom stereocenters. The number of hydrogen-bond donors (Lipinski definition) is 2. The van der Waals surface area contributed by atoms with Gasteiger partial charge < -0.3 is 19.7 Å². The fraction of sp³-hybridized carbons (Fsp3) is 0.412. The number of hydrogen-bond acceptors (Lipinski definition) is 7. The van der Waals surface area contributed by atoms with E-state index in [4.69, 9.17) is 4.74 Å². The molecule has 1 saturated heterocycles. The summed E-state index contributed by atoms with van der Waals surface area (Å²) in [5, 5.41) is 4.73.